The van der Waals surface area contributed by atoms with Crippen LogP contribution in [0.25, 0.3) is 0 Å². The van der Waals surface area contributed by atoms with E-state index >= 15 is 0 Å². The molecule has 1 heterocycles. The molecule has 5 heteroatoms. The molecule has 0 spiro atoms. The third-order valence-electron chi connectivity index (χ3n) is 7.71. The first-order valence-electron chi connectivity index (χ1n) is 14.4. The van der Waals surface area contributed by atoms with Gasteiger partial charge in [0.25, 0.3) is 0 Å². The predicted octanol–water partition coefficient (Wildman–Crippen LogP) is 8.28. The summed E-state index contributed by atoms with van der Waals surface area (Å²) < 4.78 is 12.2. The molecule has 0 amide bonds. The van der Waals surface area contributed by atoms with E-state index in [9.17, 15) is 4.79 Å². The Morgan fingerprint density at radius 3 is 2.27 bits per heavy atom. The average molecular weight is 545 g/mol. The van der Waals surface area contributed by atoms with Crippen molar-refractivity contribution in [3.05, 3.63) is 131 Å². The largest absolute Gasteiger partial charge is 0.493 e. The van der Waals surface area contributed by atoms with Crippen LogP contribution in [0.4, 0.5) is 11.4 Å². The van der Waals surface area contributed by atoms with Gasteiger partial charge in [0.1, 0.15) is 18.1 Å². The van der Waals surface area contributed by atoms with E-state index in [1.54, 1.807) is 0 Å². The molecule has 0 fully saturated rings. The van der Waals surface area contributed by atoms with Gasteiger partial charge in [0.2, 0.25) is 0 Å². The Balaban J connectivity index is 1.33. The number of Topliss-reactive ketones (excluding diaryl/α,β-unsaturated/α-hetero) is 1. The number of fused-ring (bicyclic) bond motifs is 1. The van der Waals surface area contributed by atoms with Crippen molar-refractivity contribution in [2.45, 2.75) is 45.3 Å². The first kappa shape index (κ1) is 26.7. The smallest absolute Gasteiger partial charge is 0.163 e. The monoisotopic (exact) mass is 544 g/mol. The number of benzene rings is 4. The lowest BCUT2D eigenvalue weighted by atomic mass is 9.78. The van der Waals surface area contributed by atoms with Crippen LogP contribution in [0.3, 0.4) is 0 Å². The summed E-state index contributed by atoms with van der Waals surface area (Å²) in [6.45, 7) is 5.42. The van der Waals surface area contributed by atoms with Gasteiger partial charge in [-0.2, -0.15) is 0 Å². The zero-order valence-corrected chi connectivity index (χ0v) is 23.6. The van der Waals surface area contributed by atoms with Gasteiger partial charge in [-0.1, -0.05) is 86.6 Å². The summed E-state index contributed by atoms with van der Waals surface area (Å²) in [6, 6.07) is 34.2. The zero-order chi connectivity index (χ0) is 28.2. The molecule has 2 atom stereocenters. The minimum atomic E-state index is -0.339. The van der Waals surface area contributed by atoms with Gasteiger partial charge in [-0.05, 0) is 59.7 Å². The Kier molecular flexibility index (Phi) is 7.77. The predicted molar refractivity (Wildman–Crippen MR) is 164 cm³/mol. The minimum absolute atomic E-state index is 0.0865. The number of hydrogen-bond donors (Lipinski definition) is 2. The van der Waals surface area contributed by atoms with Crippen molar-refractivity contribution < 1.29 is 14.3 Å². The summed E-state index contributed by atoms with van der Waals surface area (Å²) in [5.41, 5.74) is 6.87. The number of carbonyl (C=O) groups excluding carboxylic acids is 1. The highest BCUT2D eigenvalue weighted by atomic mass is 16.5. The van der Waals surface area contributed by atoms with Crippen molar-refractivity contribution in [3.63, 3.8) is 0 Å². The Hall–Kier alpha value is -4.51. The van der Waals surface area contributed by atoms with Gasteiger partial charge >= 0.3 is 0 Å². The highest BCUT2D eigenvalue weighted by molar-refractivity contribution is 6.01. The van der Waals surface area contributed by atoms with Crippen molar-refractivity contribution in [2.75, 3.05) is 17.2 Å². The highest BCUT2D eigenvalue weighted by Crippen LogP contribution is 2.46. The van der Waals surface area contributed by atoms with Crippen LogP contribution in [0.15, 0.2) is 114 Å². The maximum atomic E-state index is 14.0. The molecule has 4 aromatic rings. The Labute approximate surface area is 242 Å². The van der Waals surface area contributed by atoms with Crippen molar-refractivity contribution in [2.24, 2.45) is 5.92 Å². The third-order valence-corrected chi connectivity index (χ3v) is 7.71. The summed E-state index contributed by atoms with van der Waals surface area (Å²) in [7, 11) is 0. The number of anilines is 2. The van der Waals surface area contributed by atoms with Crippen molar-refractivity contribution >= 4 is 17.2 Å². The molecule has 208 valence electrons. The van der Waals surface area contributed by atoms with Crippen LogP contribution in [0.5, 0.6) is 11.5 Å². The van der Waals surface area contributed by atoms with Gasteiger partial charge in [-0.3, -0.25) is 4.79 Å². The van der Waals surface area contributed by atoms with Crippen molar-refractivity contribution in [1.29, 1.82) is 0 Å². The van der Waals surface area contributed by atoms with Crippen LogP contribution >= 0.6 is 0 Å². The summed E-state index contributed by atoms with van der Waals surface area (Å²) in [6.07, 6.45) is 1.20. The van der Waals surface area contributed by atoms with Gasteiger partial charge in [-0.15, -0.1) is 0 Å². The van der Waals surface area contributed by atoms with Gasteiger partial charge in [0.15, 0.2) is 5.78 Å². The van der Waals surface area contributed by atoms with Gasteiger partial charge < -0.3 is 20.1 Å². The molecule has 41 heavy (non-hydrogen) atoms. The number of hydrogen-bond acceptors (Lipinski definition) is 5. The normalized spacial score (nSPS) is 18.1. The van der Waals surface area contributed by atoms with Crippen LogP contribution in [-0.2, 0) is 11.4 Å². The Morgan fingerprint density at radius 2 is 1.49 bits per heavy atom. The molecule has 2 unspecified atom stereocenters. The number of ketones is 1. The first-order chi connectivity index (χ1) is 20.0. The second kappa shape index (κ2) is 11.9. The Bertz CT molecular complexity index is 1540. The van der Waals surface area contributed by atoms with E-state index in [0.717, 1.165) is 57.3 Å². The zero-order valence-electron chi connectivity index (χ0n) is 23.6. The van der Waals surface area contributed by atoms with E-state index in [-0.39, 0.29) is 17.7 Å². The lowest BCUT2D eigenvalue weighted by molar-refractivity contribution is -0.116. The van der Waals surface area contributed by atoms with E-state index in [1.807, 2.05) is 60.7 Å². The SMILES string of the molecule is CC(C)COc1ccc(C2CC(=O)C3=C(C2)Nc2ccccc2NC3c2ccccc2OCc2ccccc2)cc1. The fourth-order valence-electron chi connectivity index (χ4n) is 5.65. The number of para-hydroxylation sites is 3. The molecule has 5 nitrogen and oxygen atoms in total. The summed E-state index contributed by atoms with van der Waals surface area (Å²) >= 11 is 0. The van der Waals surface area contributed by atoms with Crippen molar-refractivity contribution in [1.82, 2.24) is 0 Å². The fourth-order valence-corrected chi connectivity index (χ4v) is 5.65. The highest BCUT2D eigenvalue weighted by Gasteiger charge is 2.37. The van der Waals surface area contributed by atoms with Crippen LogP contribution in [-0.4, -0.2) is 12.4 Å². The number of allylic oxidation sites excluding steroid dienone is 1. The fraction of sp³-hybridized carbons (Fsp3) is 0.250. The molecule has 0 radical (unpaired) electrons. The average Bonchev–Trinajstić information content (AvgIpc) is 3.17. The summed E-state index contributed by atoms with van der Waals surface area (Å²) in [5, 5.41) is 7.33. The Morgan fingerprint density at radius 1 is 0.780 bits per heavy atom. The maximum absolute atomic E-state index is 14.0. The summed E-state index contributed by atoms with van der Waals surface area (Å²) in [5.74, 6) is 2.33. The molecule has 0 bridgehead atoms. The molecule has 4 aromatic carbocycles. The second-order valence-electron chi connectivity index (χ2n) is 11.3. The molecule has 1 aliphatic heterocycles. The van der Waals surface area contributed by atoms with Gasteiger partial charge in [0, 0.05) is 23.3 Å². The van der Waals surface area contributed by atoms with E-state index < -0.39 is 0 Å². The van der Waals surface area contributed by atoms with Crippen LogP contribution < -0.4 is 20.1 Å². The van der Waals surface area contributed by atoms with Gasteiger partial charge in [0.05, 0.1) is 24.0 Å². The van der Waals surface area contributed by atoms with Crippen molar-refractivity contribution in [3.8, 4) is 11.5 Å². The molecule has 1 aliphatic carbocycles. The van der Waals surface area contributed by atoms with E-state index in [2.05, 4.69) is 66.9 Å². The van der Waals surface area contributed by atoms with E-state index in [1.165, 1.54) is 0 Å². The minimum Gasteiger partial charge on any atom is -0.493 e. The lowest BCUT2D eigenvalue weighted by Gasteiger charge is -2.30. The number of ether oxygens (including phenoxy) is 2. The topological polar surface area (TPSA) is 59.6 Å². The molecule has 6 rings (SSSR count). The second-order valence-corrected chi connectivity index (χ2v) is 11.3. The van der Waals surface area contributed by atoms with Crippen LogP contribution in [0.2, 0.25) is 0 Å². The number of carbonyl (C=O) groups is 1. The lowest BCUT2D eigenvalue weighted by Crippen LogP contribution is -2.27. The molecule has 0 saturated carbocycles. The molecular weight excluding hydrogens is 508 g/mol. The molecule has 2 N–H and O–H groups in total. The van der Waals surface area contributed by atoms with Crippen LogP contribution in [0, 0.1) is 5.92 Å². The standard InChI is InChI=1S/C36H36N2O3/c1-24(2)22-40-28-18-16-26(17-19-28)27-20-32-35(33(39)21-27)36(38-31-14-8-7-13-30(31)37-32)29-12-6-9-15-34(29)41-23-25-10-4-3-5-11-25/h3-19,24,27,36-38H,20-23H2,1-2H3. The molecule has 2 aliphatic rings. The summed E-state index contributed by atoms with van der Waals surface area (Å²) in [4.78, 5) is 14.0. The maximum Gasteiger partial charge on any atom is 0.163 e. The third kappa shape index (κ3) is 5.99. The quantitative estimate of drug-likeness (QED) is 0.234. The number of rotatable bonds is 8. The first-order valence-corrected chi connectivity index (χ1v) is 14.4. The molecular formula is C36H36N2O3. The molecule has 0 saturated heterocycles. The van der Waals surface area contributed by atoms with Gasteiger partial charge in [-0.25, -0.2) is 0 Å². The van der Waals surface area contributed by atoms with E-state index in [4.69, 9.17) is 9.47 Å². The van der Waals surface area contributed by atoms with Crippen LogP contribution in [0.1, 0.15) is 55.3 Å². The molecule has 0 aromatic heterocycles. The number of nitrogens with one attached hydrogen (secondary N) is 2. The van der Waals surface area contributed by atoms with E-state index in [0.29, 0.717) is 25.6 Å².